The van der Waals surface area contributed by atoms with Gasteiger partial charge in [0.05, 0.1) is 7.11 Å². The van der Waals surface area contributed by atoms with Crippen LogP contribution in [0.2, 0.25) is 0 Å². The Morgan fingerprint density at radius 1 is 1.38 bits per heavy atom. The van der Waals surface area contributed by atoms with Crippen LogP contribution in [0.1, 0.15) is 6.92 Å². The molecule has 0 radical (unpaired) electrons. The lowest BCUT2D eigenvalue weighted by Gasteiger charge is -2.08. The fraction of sp³-hybridized carbons (Fsp3) is 0.400. The van der Waals surface area contributed by atoms with E-state index < -0.39 is 0 Å². The topological polar surface area (TPSA) is 35.2 Å². The summed E-state index contributed by atoms with van der Waals surface area (Å²) in [7, 11) is 1.67. The van der Waals surface area contributed by atoms with E-state index in [-0.39, 0.29) is 0 Å². The van der Waals surface area contributed by atoms with Crippen LogP contribution >= 0.6 is 11.8 Å². The maximum Gasteiger partial charge on any atom is 0.118 e. The number of ether oxygens (including phenoxy) is 1. The van der Waals surface area contributed by atoms with Crippen molar-refractivity contribution in [3.63, 3.8) is 0 Å². The largest absolute Gasteiger partial charge is 0.497 e. The van der Waals surface area contributed by atoms with Crippen LogP contribution in [0.3, 0.4) is 0 Å². The molecule has 13 heavy (non-hydrogen) atoms. The van der Waals surface area contributed by atoms with E-state index in [9.17, 15) is 0 Å². The molecule has 0 aromatic heterocycles. The molecule has 0 heterocycles. The molecule has 0 saturated carbocycles. The average molecular weight is 197 g/mol. The summed E-state index contributed by atoms with van der Waals surface area (Å²) in [6.45, 7) is 2.82. The molecule has 0 spiro atoms. The molecule has 3 heteroatoms. The van der Waals surface area contributed by atoms with Crippen molar-refractivity contribution < 1.29 is 4.74 Å². The first-order valence-corrected chi connectivity index (χ1v) is 5.15. The van der Waals surface area contributed by atoms with Crippen molar-refractivity contribution in [2.24, 2.45) is 5.73 Å². The summed E-state index contributed by atoms with van der Waals surface area (Å²) in [5, 5.41) is 0.466. The highest BCUT2D eigenvalue weighted by molar-refractivity contribution is 8.00. The van der Waals surface area contributed by atoms with E-state index in [0.29, 0.717) is 11.8 Å². The second-order valence-corrected chi connectivity index (χ2v) is 4.35. The third-order valence-electron chi connectivity index (χ3n) is 1.73. The Bertz CT molecular complexity index is 248. The molecule has 1 unspecified atom stereocenters. The number of thioether (sulfide) groups is 1. The van der Waals surface area contributed by atoms with Gasteiger partial charge >= 0.3 is 0 Å². The second kappa shape index (κ2) is 5.14. The van der Waals surface area contributed by atoms with Gasteiger partial charge in [-0.3, -0.25) is 0 Å². The van der Waals surface area contributed by atoms with E-state index in [1.165, 1.54) is 4.90 Å². The molecule has 1 atom stereocenters. The van der Waals surface area contributed by atoms with Gasteiger partial charge in [0, 0.05) is 16.7 Å². The Hall–Kier alpha value is -0.670. The van der Waals surface area contributed by atoms with Crippen molar-refractivity contribution in [2.75, 3.05) is 13.7 Å². The lowest BCUT2D eigenvalue weighted by Crippen LogP contribution is -2.12. The zero-order chi connectivity index (χ0) is 9.68. The van der Waals surface area contributed by atoms with Crippen molar-refractivity contribution in [3.8, 4) is 5.75 Å². The van der Waals surface area contributed by atoms with Crippen LogP contribution in [0.5, 0.6) is 5.75 Å². The summed E-state index contributed by atoms with van der Waals surface area (Å²) in [5.41, 5.74) is 5.53. The maximum atomic E-state index is 5.53. The fourth-order valence-electron chi connectivity index (χ4n) is 0.935. The third kappa shape index (κ3) is 3.28. The van der Waals surface area contributed by atoms with E-state index in [0.717, 1.165) is 5.75 Å². The first kappa shape index (κ1) is 10.4. The highest BCUT2D eigenvalue weighted by Gasteiger charge is 2.01. The van der Waals surface area contributed by atoms with Crippen molar-refractivity contribution in [1.29, 1.82) is 0 Å². The lowest BCUT2D eigenvalue weighted by atomic mass is 10.3. The Morgan fingerprint density at radius 3 is 2.46 bits per heavy atom. The smallest absolute Gasteiger partial charge is 0.118 e. The Morgan fingerprint density at radius 2 is 2.00 bits per heavy atom. The quantitative estimate of drug-likeness (QED) is 0.751. The molecule has 2 N–H and O–H groups in total. The lowest BCUT2D eigenvalue weighted by molar-refractivity contribution is 0.414. The van der Waals surface area contributed by atoms with Gasteiger partial charge in [0.25, 0.3) is 0 Å². The molecule has 0 saturated heterocycles. The molecule has 1 aromatic rings. The van der Waals surface area contributed by atoms with Crippen molar-refractivity contribution in [3.05, 3.63) is 24.3 Å². The first-order valence-electron chi connectivity index (χ1n) is 4.27. The minimum atomic E-state index is 0.466. The summed E-state index contributed by atoms with van der Waals surface area (Å²) in [5.74, 6) is 0.893. The summed E-state index contributed by atoms with van der Waals surface area (Å²) in [6.07, 6.45) is 0. The van der Waals surface area contributed by atoms with E-state index in [1.54, 1.807) is 18.9 Å². The van der Waals surface area contributed by atoms with Crippen LogP contribution in [0.25, 0.3) is 0 Å². The standard InChI is InChI=1S/C10H15NOS/c1-8(7-11)13-10-5-3-9(12-2)4-6-10/h3-6,8H,7,11H2,1-2H3. The molecule has 0 aliphatic carbocycles. The number of benzene rings is 1. The summed E-state index contributed by atoms with van der Waals surface area (Å²) in [6, 6.07) is 8.03. The monoisotopic (exact) mass is 197 g/mol. The van der Waals surface area contributed by atoms with Gasteiger partial charge in [-0.2, -0.15) is 0 Å². The van der Waals surface area contributed by atoms with Crippen LogP contribution in [-0.2, 0) is 0 Å². The second-order valence-electron chi connectivity index (χ2n) is 2.84. The van der Waals surface area contributed by atoms with Gasteiger partial charge in [0.2, 0.25) is 0 Å². The molecular weight excluding hydrogens is 182 g/mol. The zero-order valence-corrected chi connectivity index (χ0v) is 8.80. The number of methoxy groups -OCH3 is 1. The summed E-state index contributed by atoms with van der Waals surface area (Å²) < 4.78 is 5.07. The normalized spacial score (nSPS) is 12.5. The van der Waals surface area contributed by atoms with Crippen LogP contribution in [0, 0.1) is 0 Å². The van der Waals surface area contributed by atoms with Gasteiger partial charge in [-0.15, -0.1) is 11.8 Å². The molecule has 0 aliphatic heterocycles. The molecule has 1 rings (SSSR count). The molecule has 0 fully saturated rings. The molecule has 0 aliphatic rings. The highest BCUT2D eigenvalue weighted by atomic mass is 32.2. The van der Waals surface area contributed by atoms with Gasteiger partial charge in [-0.1, -0.05) is 6.92 Å². The maximum absolute atomic E-state index is 5.53. The van der Waals surface area contributed by atoms with Gasteiger partial charge in [-0.05, 0) is 24.3 Å². The van der Waals surface area contributed by atoms with Crippen LogP contribution in [0.15, 0.2) is 29.2 Å². The predicted molar refractivity (Wildman–Crippen MR) is 57.4 cm³/mol. The third-order valence-corrected chi connectivity index (χ3v) is 2.87. The number of hydrogen-bond acceptors (Lipinski definition) is 3. The van der Waals surface area contributed by atoms with E-state index in [1.807, 2.05) is 12.1 Å². The first-order chi connectivity index (χ1) is 6.26. The van der Waals surface area contributed by atoms with Crippen LogP contribution < -0.4 is 10.5 Å². The Labute approximate surface area is 83.5 Å². The Kier molecular flexibility index (Phi) is 4.12. The molecule has 2 nitrogen and oxygen atoms in total. The van der Waals surface area contributed by atoms with Crippen molar-refractivity contribution in [1.82, 2.24) is 0 Å². The summed E-state index contributed by atoms with van der Waals surface area (Å²) in [4.78, 5) is 1.23. The highest BCUT2D eigenvalue weighted by Crippen LogP contribution is 2.24. The SMILES string of the molecule is COc1ccc(SC(C)CN)cc1. The van der Waals surface area contributed by atoms with Gasteiger partial charge in [0.1, 0.15) is 5.75 Å². The van der Waals surface area contributed by atoms with E-state index in [2.05, 4.69) is 19.1 Å². The van der Waals surface area contributed by atoms with E-state index in [4.69, 9.17) is 10.5 Å². The molecule has 1 aromatic carbocycles. The minimum Gasteiger partial charge on any atom is -0.497 e. The number of nitrogens with two attached hydrogens (primary N) is 1. The molecule has 0 bridgehead atoms. The summed E-state index contributed by atoms with van der Waals surface area (Å²) >= 11 is 1.78. The van der Waals surface area contributed by atoms with Crippen LogP contribution in [0.4, 0.5) is 0 Å². The van der Waals surface area contributed by atoms with Crippen molar-refractivity contribution in [2.45, 2.75) is 17.1 Å². The van der Waals surface area contributed by atoms with Crippen LogP contribution in [-0.4, -0.2) is 18.9 Å². The molecule has 72 valence electrons. The predicted octanol–water partition coefficient (Wildman–Crippen LogP) is 2.13. The van der Waals surface area contributed by atoms with Gasteiger partial charge in [-0.25, -0.2) is 0 Å². The average Bonchev–Trinajstić information content (AvgIpc) is 2.19. The minimum absolute atomic E-state index is 0.466. The zero-order valence-electron chi connectivity index (χ0n) is 7.99. The molecular formula is C10H15NOS. The fourth-order valence-corrected chi connectivity index (χ4v) is 1.79. The van der Waals surface area contributed by atoms with Crippen molar-refractivity contribution >= 4 is 11.8 Å². The molecule has 0 amide bonds. The van der Waals surface area contributed by atoms with Gasteiger partial charge < -0.3 is 10.5 Å². The van der Waals surface area contributed by atoms with E-state index >= 15 is 0 Å². The van der Waals surface area contributed by atoms with Gasteiger partial charge in [0.15, 0.2) is 0 Å². The Balaban J connectivity index is 2.58. The number of rotatable bonds is 4. The number of hydrogen-bond donors (Lipinski definition) is 1.